The number of allylic oxidation sites excluding steroid dienone is 1. The minimum absolute atomic E-state index is 0.138. The maximum absolute atomic E-state index is 13.1. The minimum atomic E-state index is -0.625. The van der Waals surface area contributed by atoms with Gasteiger partial charge in [-0.2, -0.15) is 0 Å². The number of aromatic nitrogens is 3. The second kappa shape index (κ2) is 10.4. The Hall–Kier alpha value is -4.92. The van der Waals surface area contributed by atoms with Gasteiger partial charge in [-0.3, -0.25) is 4.79 Å². The van der Waals surface area contributed by atoms with E-state index in [-0.39, 0.29) is 18.3 Å². The Kier molecular flexibility index (Phi) is 6.83. The number of esters is 1. The Labute approximate surface area is 248 Å². The molecule has 8 bridgehead atoms. The van der Waals surface area contributed by atoms with E-state index < -0.39 is 11.6 Å². The van der Waals surface area contributed by atoms with Crippen molar-refractivity contribution in [2.45, 2.75) is 53.9 Å². The van der Waals surface area contributed by atoms with Gasteiger partial charge in [-0.25, -0.2) is 4.79 Å². The maximum atomic E-state index is 13.1. The molecule has 9 heteroatoms. The van der Waals surface area contributed by atoms with E-state index >= 15 is 0 Å². The summed E-state index contributed by atoms with van der Waals surface area (Å²) in [6.07, 6.45) is 9.39. The molecule has 0 saturated heterocycles. The van der Waals surface area contributed by atoms with Crippen LogP contribution in [-0.2, 0) is 16.0 Å². The van der Waals surface area contributed by atoms with Gasteiger partial charge in [0.2, 0.25) is 0 Å². The van der Waals surface area contributed by atoms with Crippen LogP contribution in [0.15, 0.2) is 27.1 Å². The van der Waals surface area contributed by atoms with Crippen molar-refractivity contribution in [1.29, 1.82) is 0 Å². The molecule has 1 atom stereocenters. The van der Waals surface area contributed by atoms with E-state index in [2.05, 4.69) is 66.7 Å². The highest BCUT2D eigenvalue weighted by molar-refractivity contribution is 5.97. The van der Waals surface area contributed by atoms with Crippen LogP contribution in [0.25, 0.3) is 40.9 Å². The molecule has 6 heterocycles. The van der Waals surface area contributed by atoms with Crippen molar-refractivity contribution in [3.8, 4) is 5.95 Å². The first-order valence-corrected chi connectivity index (χ1v) is 14.5. The topological polar surface area (TPSA) is 136 Å². The molecule has 9 nitrogen and oxygen atoms in total. The summed E-state index contributed by atoms with van der Waals surface area (Å²) in [7, 11) is 1.37. The van der Waals surface area contributed by atoms with Crippen molar-refractivity contribution in [3.63, 3.8) is 0 Å². The van der Waals surface area contributed by atoms with Gasteiger partial charge >= 0.3 is 11.6 Å². The fraction of sp³-hybridized carbons (Fsp3) is 0.294. The number of hydrogen-bond donors (Lipinski definition) is 5. The molecule has 0 radical (unpaired) electrons. The molecule has 0 unspecified atom stereocenters. The summed E-state index contributed by atoms with van der Waals surface area (Å²) in [5.74, 6) is -0.965. The van der Waals surface area contributed by atoms with Crippen molar-refractivity contribution in [1.82, 2.24) is 20.3 Å². The Morgan fingerprint density at radius 1 is 1.05 bits per heavy atom. The number of carbonyl (C=O) groups is 1. The van der Waals surface area contributed by atoms with Crippen LogP contribution >= 0.6 is 0 Å². The Bertz CT molecular complexity index is 2090. The van der Waals surface area contributed by atoms with Crippen LogP contribution < -0.4 is 21.6 Å². The average molecular weight is 581 g/mol. The SMILES string of the molecule is C=Cc1c2[nH]c(c1C)C=C1NC(=C(CCC(=O)OC)[C@@H]1C)c1c(O)oc(=O)c3c(C)c([nH]c13)C=c1[nH]c(c(C)c1CC)=C2. The van der Waals surface area contributed by atoms with Crippen LogP contribution in [0.1, 0.15) is 77.2 Å². The average Bonchev–Trinajstić information content (AvgIpc) is 3.65. The first-order chi connectivity index (χ1) is 20.6. The van der Waals surface area contributed by atoms with E-state index in [1.807, 2.05) is 19.1 Å². The first-order valence-electron chi connectivity index (χ1n) is 14.5. The summed E-state index contributed by atoms with van der Waals surface area (Å²) in [5, 5.41) is 16.9. The van der Waals surface area contributed by atoms with Gasteiger partial charge in [0, 0.05) is 51.4 Å². The lowest BCUT2D eigenvalue weighted by Crippen LogP contribution is -2.12. The maximum Gasteiger partial charge on any atom is 0.348 e. The van der Waals surface area contributed by atoms with Gasteiger partial charge in [-0.15, -0.1) is 0 Å². The van der Waals surface area contributed by atoms with Gasteiger partial charge in [-0.1, -0.05) is 26.5 Å². The van der Waals surface area contributed by atoms with Crippen molar-refractivity contribution >= 4 is 46.9 Å². The monoisotopic (exact) mass is 580 g/mol. The summed E-state index contributed by atoms with van der Waals surface area (Å²) in [6.45, 7) is 14.3. The summed E-state index contributed by atoms with van der Waals surface area (Å²) in [4.78, 5) is 35.9. The third-order valence-electron chi connectivity index (χ3n) is 9.06. The Balaban J connectivity index is 1.75. The molecule has 0 aromatic carbocycles. The largest absolute Gasteiger partial charge is 0.480 e. The van der Waals surface area contributed by atoms with Gasteiger partial charge in [-0.05, 0) is 79.7 Å². The molecule has 43 heavy (non-hydrogen) atoms. The molecule has 4 aromatic heterocycles. The van der Waals surface area contributed by atoms with E-state index in [0.29, 0.717) is 34.1 Å². The molecule has 0 aliphatic carbocycles. The van der Waals surface area contributed by atoms with Crippen LogP contribution in [0.4, 0.5) is 0 Å². The van der Waals surface area contributed by atoms with E-state index in [1.165, 1.54) is 7.11 Å². The summed E-state index contributed by atoms with van der Waals surface area (Å²) >= 11 is 0. The lowest BCUT2D eigenvalue weighted by atomic mass is 9.93. The fourth-order valence-corrected chi connectivity index (χ4v) is 6.55. The van der Waals surface area contributed by atoms with Crippen molar-refractivity contribution in [2.24, 2.45) is 5.92 Å². The number of aromatic amines is 3. The molecule has 222 valence electrons. The molecule has 0 saturated carbocycles. The van der Waals surface area contributed by atoms with E-state index in [1.54, 1.807) is 0 Å². The number of ether oxygens (including phenoxy) is 1. The molecule has 2 aliphatic rings. The zero-order valence-electron chi connectivity index (χ0n) is 25.3. The number of aromatic hydroxyl groups is 1. The number of hydrogen-bond acceptors (Lipinski definition) is 6. The van der Waals surface area contributed by atoms with Crippen LogP contribution in [0.2, 0.25) is 0 Å². The molecule has 6 rings (SSSR count). The minimum Gasteiger partial charge on any atom is -0.480 e. The fourth-order valence-electron chi connectivity index (χ4n) is 6.55. The molecule has 2 aliphatic heterocycles. The molecular formula is C34H36N4O5. The Morgan fingerprint density at radius 3 is 2.47 bits per heavy atom. The lowest BCUT2D eigenvalue weighted by molar-refractivity contribution is -0.140. The number of nitrogens with one attached hydrogen (secondary N) is 4. The molecule has 0 amide bonds. The van der Waals surface area contributed by atoms with Crippen molar-refractivity contribution < 1.29 is 19.1 Å². The van der Waals surface area contributed by atoms with Crippen molar-refractivity contribution in [3.05, 3.63) is 89.4 Å². The number of methoxy groups -OCH3 is 1. The number of H-pyrrole nitrogens is 3. The zero-order chi connectivity index (χ0) is 30.7. The van der Waals surface area contributed by atoms with Gasteiger partial charge in [0.1, 0.15) is 5.56 Å². The first kappa shape index (κ1) is 28.2. The normalized spacial score (nSPS) is 15.8. The van der Waals surface area contributed by atoms with Gasteiger partial charge in [0.05, 0.1) is 23.7 Å². The Morgan fingerprint density at radius 2 is 1.77 bits per heavy atom. The number of carbonyl (C=O) groups excluding carboxylic acids is 1. The zero-order valence-corrected chi connectivity index (χ0v) is 25.3. The lowest BCUT2D eigenvalue weighted by Gasteiger charge is -2.11. The standard InChI is InChI=1S/C34H36N4O5/c1-8-19-15(3)22-12-24-17(5)21(10-11-28(39)42-7)31(37-24)30-32-29(33(40)43-34(30)41)18(6)25(38-32)14-27-20(9-2)16(4)23(36-27)13-26(19)35-22/h8,12-14,17,35-38,41H,1,9-11H2,2-7H3/t17-/m0/s1. The highest BCUT2D eigenvalue weighted by atomic mass is 16.5. The predicted octanol–water partition coefficient (Wildman–Crippen LogP) is 4.53. The van der Waals surface area contributed by atoms with E-state index in [4.69, 9.17) is 9.15 Å². The predicted molar refractivity (Wildman–Crippen MR) is 169 cm³/mol. The molecule has 5 N–H and O–H groups in total. The number of rotatable bonds is 5. The van der Waals surface area contributed by atoms with Crippen molar-refractivity contribution in [2.75, 3.05) is 7.11 Å². The molecule has 4 aromatic rings. The quantitative estimate of drug-likeness (QED) is 0.220. The van der Waals surface area contributed by atoms with Gasteiger partial charge in [0.25, 0.3) is 5.95 Å². The van der Waals surface area contributed by atoms with Crippen LogP contribution in [0.5, 0.6) is 5.95 Å². The second-order valence-corrected chi connectivity index (χ2v) is 11.3. The second-order valence-electron chi connectivity index (χ2n) is 11.3. The highest BCUT2D eigenvalue weighted by Crippen LogP contribution is 2.42. The van der Waals surface area contributed by atoms with Crippen LogP contribution in [0.3, 0.4) is 0 Å². The third-order valence-corrected chi connectivity index (χ3v) is 9.06. The number of aryl methyl sites for hydroxylation is 1. The van der Waals surface area contributed by atoms with Gasteiger partial charge in [0.15, 0.2) is 0 Å². The smallest absolute Gasteiger partial charge is 0.348 e. The molecule has 0 spiro atoms. The van der Waals surface area contributed by atoms with E-state index in [0.717, 1.165) is 67.7 Å². The van der Waals surface area contributed by atoms with Gasteiger partial charge < -0.3 is 34.5 Å². The summed E-state index contributed by atoms with van der Waals surface area (Å²) in [5.41, 5.74) is 10.2. The highest BCUT2D eigenvalue weighted by Gasteiger charge is 2.33. The molecule has 0 fully saturated rings. The molecular weight excluding hydrogens is 544 g/mol. The summed E-state index contributed by atoms with van der Waals surface area (Å²) < 4.78 is 10.4. The van der Waals surface area contributed by atoms with Crippen LogP contribution in [0, 0.1) is 26.7 Å². The van der Waals surface area contributed by atoms with E-state index in [9.17, 15) is 14.7 Å². The van der Waals surface area contributed by atoms with Crippen LogP contribution in [-0.4, -0.2) is 33.1 Å². The summed E-state index contributed by atoms with van der Waals surface area (Å²) in [6, 6.07) is 0. The third kappa shape index (κ3) is 4.38. The number of fused-ring (bicyclic) bond motifs is 8.